The molecule has 12 heavy (non-hydrogen) atoms. The van der Waals surface area contributed by atoms with Crippen molar-refractivity contribution in [3.8, 4) is 0 Å². The molecular formula is C7H17NO3P+. The van der Waals surface area contributed by atoms with Crippen molar-refractivity contribution in [2.24, 2.45) is 5.73 Å². The number of hydrogen-bond donors (Lipinski definition) is 3. The number of allylic oxidation sites excluding steroid dienone is 1. The molecule has 0 saturated carbocycles. The number of hydrogen-bond acceptors (Lipinski definition) is 2. The summed E-state index contributed by atoms with van der Waals surface area (Å²) in [7, 11) is -2.87. The molecule has 4 N–H and O–H groups in total. The minimum absolute atomic E-state index is 0.326. The van der Waals surface area contributed by atoms with Gasteiger partial charge in [0.15, 0.2) is 0 Å². The van der Waals surface area contributed by atoms with Crippen molar-refractivity contribution in [1.29, 1.82) is 0 Å². The first-order chi connectivity index (χ1) is 5.36. The molecule has 4 nitrogen and oxygen atoms in total. The summed E-state index contributed by atoms with van der Waals surface area (Å²) in [6.07, 6.45) is 2.13. The Morgan fingerprint density at radius 1 is 1.67 bits per heavy atom. The molecule has 0 aromatic heterocycles. The molecular weight excluding hydrogens is 177 g/mol. The Balaban J connectivity index is 0. The van der Waals surface area contributed by atoms with Crippen LogP contribution in [0.15, 0.2) is 12.2 Å². The molecule has 5 heteroatoms. The van der Waals surface area contributed by atoms with Crippen LogP contribution in [-0.4, -0.2) is 15.8 Å². The van der Waals surface area contributed by atoms with Gasteiger partial charge in [-0.1, -0.05) is 5.57 Å². The van der Waals surface area contributed by atoms with Crippen LogP contribution < -0.4 is 5.73 Å². The third kappa shape index (κ3) is 33.2. The minimum Gasteiger partial charge on any atom is -0.328 e. The van der Waals surface area contributed by atoms with Crippen molar-refractivity contribution in [2.75, 3.05) is 0 Å². The van der Waals surface area contributed by atoms with Gasteiger partial charge in [0, 0.05) is 10.6 Å². The van der Waals surface area contributed by atoms with Gasteiger partial charge in [-0.3, -0.25) is 0 Å². The Morgan fingerprint density at radius 2 is 2.00 bits per heavy atom. The molecule has 0 rings (SSSR count). The van der Waals surface area contributed by atoms with E-state index >= 15 is 0 Å². The van der Waals surface area contributed by atoms with E-state index in [4.69, 9.17) is 20.1 Å². The highest BCUT2D eigenvalue weighted by Gasteiger charge is 1.93. The average Bonchev–Trinajstić information content (AvgIpc) is 1.82. The standard InChI is InChI=1S/C7H15N.HO3P/c1-6(2)4-5-7(3)8;1-4(2)3/h7H,1,4-5,8H2,2-3H3;(H-,1,2,3)/p+1. The van der Waals surface area contributed by atoms with E-state index in [2.05, 4.69) is 6.58 Å². The molecule has 0 fully saturated rings. The Hall–Kier alpha value is -0.280. The van der Waals surface area contributed by atoms with Gasteiger partial charge in [0.25, 0.3) is 0 Å². The maximum Gasteiger partial charge on any atom is 0.692 e. The third-order valence-electron chi connectivity index (χ3n) is 1.03. The molecule has 0 radical (unpaired) electrons. The van der Waals surface area contributed by atoms with Crippen molar-refractivity contribution < 1.29 is 14.4 Å². The smallest absolute Gasteiger partial charge is 0.328 e. The van der Waals surface area contributed by atoms with Crippen LogP contribution in [0, 0.1) is 0 Å². The highest BCUT2D eigenvalue weighted by molar-refractivity contribution is 7.30. The third-order valence-corrected chi connectivity index (χ3v) is 1.03. The van der Waals surface area contributed by atoms with Crippen LogP contribution in [0.25, 0.3) is 0 Å². The molecule has 0 bridgehead atoms. The first-order valence-electron chi connectivity index (χ1n) is 3.61. The fraction of sp³-hybridized carbons (Fsp3) is 0.714. The zero-order valence-corrected chi connectivity index (χ0v) is 8.42. The Kier molecular flexibility index (Phi) is 10.5. The molecule has 1 unspecified atom stereocenters. The first kappa shape index (κ1) is 14.3. The summed E-state index contributed by atoms with van der Waals surface area (Å²) < 4.78 is 8.70. The van der Waals surface area contributed by atoms with Gasteiger partial charge in [0.1, 0.15) is 0 Å². The lowest BCUT2D eigenvalue weighted by Gasteiger charge is -2.01. The fourth-order valence-corrected chi connectivity index (χ4v) is 0.474. The van der Waals surface area contributed by atoms with Crippen molar-refractivity contribution in [3.05, 3.63) is 12.2 Å². The fourth-order valence-electron chi connectivity index (χ4n) is 0.474. The predicted molar refractivity (Wildman–Crippen MR) is 49.7 cm³/mol. The summed E-state index contributed by atoms with van der Waals surface area (Å²) in [6.45, 7) is 7.82. The Labute approximate surface area is 74.1 Å². The molecule has 72 valence electrons. The van der Waals surface area contributed by atoms with E-state index in [1.54, 1.807) is 0 Å². The second-order valence-corrected chi connectivity index (χ2v) is 3.23. The van der Waals surface area contributed by atoms with Crippen LogP contribution in [0.1, 0.15) is 26.7 Å². The molecule has 0 amide bonds. The summed E-state index contributed by atoms with van der Waals surface area (Å²) in [5.41, 5.74) is 6.72. The zero-order chi connectivity index (χ0) is 10.1. The Morgan fingerprint density at radius 3 is 2.08 bits per heavy atom. The highest BCUT2D eigenvalue weighted by atomic mass is 31.1. The lowest BCUT2D eigenvalue weighted by Crippen LogP contribution is -2.13. The summed E-state index contributed by atoms with van der Waals surface area (Å²) in [4.78, 5) is 14.2. The largest absolute Gasteiger partial charge is 0.692 e. The van der Waals surface area contributed by atoms with E-state index in [1.807, 2.05) is 13.8 Å². The van der Waals surface area contributed by atoms with Crippen molar-refractivity contribution >= 4 is 8.25 Å². The van der Waals surface area contributed by atoms with Gasteiger partial charge in [0.05, 0.1) is 0 Å². The summed E-state index contributed by atoms with van der Waals surface area (Å²) in [5, 5.41) is 0. The molecule has 0 aliphatic heterocycles. The number of rotatable bonds is 3. The second-order valence-electron chi connectivity index (χ2n) is 2.73. The van der Waals surface area contributed by atoms with E-state index in [9.17, 15) is 0 Å². The molecule has 0 aromatic rings. The number of nitrogens with two attached hydrogens (primary N) is 1. The van der Waals surface area contributed by atoms with Gasteiger partial charge in [0.2, 0.25) is 0 Å². The lowest BCUT2D eigenvalue weighted by atomic mass is 10.1. The lowest BCUT2D eigenvalue weighted by molar-refractivity contribution is 0.405. The molecule has 0 aliphatic carbocycles. The minimum atomic E-state index is -2.87. The topological polar surface area (TPSA) is 83.6 Å². The van der Waals surface area contributed by atoms with Crippen LogP contribution in [0.3, 0.4) is 0 Å². The SMILES string of the molecule is C=C(C)CCC(C)N.O=[P+](O)O. The van der Waals surface area contributed by atoms with Crippen LogP contribution in [0.5, 0.6) is 0 Å². The quantitative estimate of drug-likeness (QED) is 0.467. The monoisotopic (exact) mass is 194 g/mol. The van der Waals surface area contributed by atoms with Crippen molar-refractivity contribution in [2.45, 2.75) is 32.7 Å². The van der Waals surface area contributed by atoms with Crippen LogP contribution >= 0.6 is 8.25 Å². The van der Waals surface area contributed by atoms with Gasteiger partial charge in [-0.2, -0.15) is 0 Å². The molecule has 0 heterocycles. The van der Waals surface area contributed by atoms with Crippen molar-refractivity contribution in [1.82, 2.24) is 0 Å². The van der Waals surface area contributed by atoms with Gasteiger partial charge in [-0.25, -0.2) is 0 Å². The first-order valence-corrected chi connectivity index (χ1v) is 4.77. The zero-order valence-electron chi connectivity index (χ0n) is 7.53. The van der Waals surface area contributed by atoms with Crippen LogP contribution in [0.4, 0.5) is 0 Å². The molecule has 0 aromatic carbocycles. The van der Waals surface area contributed by atoms with E-state index in [0.717, 1.165) is 12.8 Å². The molecule has 0 saturated heterocycles. The van der Waals surface area contributed by atoms with E-state index in [0.29, 0.717) is 6.04 Å². The van der Waals surface area contributed by atoms with E-state index < -0.39 is 8.25 Å². The van der Waals surface area contributed by atoms with Gasteiger partial charge >= 0.3 is 8.25 Å². The van der Waals surface area contributed by atoms with Crippen molar-refractivity contribution in [3.63, 3.8) is 0 Å². The second kappa shape index (κ2) is 8.81. The molecule has 0 aliphatic rings. The maximum atomic E-state index is 8.70. The normalized spacial score (nSPS) is 11.1. The average molecular weight is 194 g/mol. The van der Waals surface area contributed by atoms with E-state index in [-0.39, 0.29) is 0 Å². The molecule has 0 spiro atoms. The molecule has 1 atom stereocenters. The van der Waals surface area contributed by atoms with E-state index in [1.165, 1.54) is 5.57 Å². The van der Waals surface area contributed by atoms with Gasteiger partial charge < -0.3 is 5.73 Å². The van der Waals surface area contributed by atoms with Crippen LogP contribution in [-0.2, 0) is 4.57 Å². The summed E-state index contributed by atoms with van der Waals surface area (Å²) in [6, 6.07) is 0.326. The Bertz CT molecular complexity index is 144. The predicted octanol–water partition coefficient (Wildman–Crippen LogP) is 1.32. The summed E-state index contributed by atoms with van der Waals surface area (Å²) >= 11 is 0. The maximum absolute atomic E-state index is 8.70. The van der Waals surface area contributed by atoms with Gasteiger partial charge in [-0.15, -0.1) is 16.4 Å². The van der Waals surface area contributed by atoms with Crippen LogP contribution in [0.2, 0.25) is 0 Å². The highest BCUT2D eigenvalue weighted by Crippen LogP contribution is 2.01. The van der Waals surface area contributed by atoms with Gasteiger partial charge in [-0.05, 0) is 26.7 Å². The summed E-state index contributed by atoms with van der Waals surface area (Å²) in [5.74, 6) is 0.